The molecule has 2 N–H and O–H groups in total. The molecule has 0 saturated heterocycles. The fourth-order valence-electron chi connectivity index (χ4n) is 2.00. The van der Waals surface area contributed by atoms with Gasteiger partial charge in [-0.2, -0.15) is 5.10 Å². The normalized spacial score (nSPS) is 10.5. The molecule has 0 saturated carbocycles. The molecule has 0 aliphatic heterocycles. The maximum absolute atomic E-state index is 11.8. The van der Waals surface area contributed by atoms with Gasteiger partial charge in [-0.05, 0) is 36.2 Å². The van der Waals surface area contributed by atoms with Crippen molar-refractivity contribution < 1.29 is 14.3 Å². The number of hydrazone groups is 1. The Labute approximate surface area is 151 Å². The van der Waals surface area contributed by atoms with Crippen molar-refractivity contribution in [1.82, 2.24) is 5.43 Å². The van der Waals surface area contributed by atoms with E-state index in [1.54, 1.807) is 24.3 Å². The van der Waals surface area contributed by atoms with E-state index in [2.05, 4.69) is 15.8 Å². The van der Waals surface area contributed by atoms with Gasteiger partial charge in [-0.15, -0.1) is 0 Å². The van der Waals surface area contributed by atoms with Gasteiger partial charge in [0.15, 0.2) is 11.5 Å². The Balaban J connectivity index is 2.00. The van der Waals surface area contributed by atoms with E-state index < -0.39 is 6.03 Å². The van der Waals surface area contributed by atoms with Crippen molar-refractivity contribution in [3.8, 4) is 11.5 Å². The van der Waals surface area contributed by atoms with Crippen LogP contribution in [0.15, 0.2) is 47.6 Å². The lowest BCUT2D eigenvalue weighted by atomic mass is 10.2. The molecular weight excluding hydrogens is 342 g/mol. The predicted molar refractivity (Wildman–Crippen MR) is 100.0 cm³/mol. The molecule has 2 amide bonds. The Morgan fingerprint density at radius 1 is 1.28 bits per heavy atom. The smallest absolute Gasteiger partial charge is 0.339 e. The van der Waals surface area contributed by atoms with Gasteiger partial charge < -0.3 is 14.8 Å². The summed E-state index contributed by atoms with van der Waals surface area (Å²) in [7, 11) is 1.54. The summed E-state index contributed by atoms with van der Waals surface area (Å²) in [6.45, 7) is 2.55. The zero-order chi connectivity index (χ0) is 18.1. The Morgan fingerprint density at radius 2 is 2.04 bits per heavy atom. The first-order chi connectivity index (χ1) is 12.1. The van der Waals surface area contributed by atoms with Gasteiger partial charge in [0.05, 0.1) is 25.0 Å². The highest BCUT2D eigenvalue weighted by Crippen LogP contribution is 2.36. The van der Waals surface area contributed by atoms with E-state index in [9.17, 15) is 4.79 Å². The highest BCUT2D eigenvalue weighted by Gasteiger charge is 2.11. The molecule has 25 heavy (non-hydrogen) atoms. The first-order valence-corrected chi connectivity index (χ1v) is 8.17. The third-order valence-corrected chi connectivity index (χ3v) is 3.39. The highest BCUT2D eigenvalue weighted by molar-refractivity contribution is 6.32. The van der Waals surface area contributed by atoms with Crippen LogP contribution in [0, 0.1) is 0 Å². The zero-order valence-electron chi connectivity index (χ0n) is 14.1. The molecule has 132 valence electrons. The Morgan fingerprint density at radius 3 is 2.72 bits per heavy atom. The molecule has 0 radical (unpaired) electrons. The second-order valence-corrected chi connectivity index (χ2v) is 5.48. The van der Waals surface area contributed by atoms with E-state index >= 15 is 0 Å². The minimum atomic E-state index is -0.441. The van der Waals surface area contributed by atoms with Gasteiger partial charge >= 0.3 is 6.03 Å². The largest absolute Gasteiger partial charge is 0.493 e. The van der Waals surface area contributed by atoms with E-state index in [1.165, 1.54) is 13.3 Å². The maximum atomic E-state index is 11.8. The summed E-state index contributed by atoms with van der Waals surface area (Å²) in [5.74, 6) is 1.01. The lowest BCUT2D eigenvalue weighted by molar-refractivity contribution is 0.252. The number of methoxy groups -OCH3 is 1. The van der Waals surface area contributed by atoms with E-state index in [4.69, 9.17) is 21.1 Å². The number of benzene rings is 2. The summed E-state index contributed by atoms with van der Waals surface area (Å²) < 4.78 is 10.9. The standard InChI is InChI=1S/C18H20ClN3O3/c1-3-9-25-17-15(19)10-13(11-16(17)24-2)12-20-22-18(23)21-14-7-5-4-6-8-14/h4-8,10-12H,3,9H2,1-2H3,(H2,21,22,23)/b20-12-. The molecule has 0 spiro atoms. The third kappa shape index (κ3) is 5.69. The number of carbonyl (C=O) groups excluding carboxylic acids is 1. The van der Waals surface area contributed by atoms with Crippen LogP contribution in [0.25, 0.3) is 0 Å². The molecule has 0 fully saturated rings. The van der Waals surface area contributed by atoms with E-state index in [0.717, 1.165) is 6.42 Å². The van der Waals surface area contributed by atoms with Gasteiger partial charge in [0.25, 0.3) is 0 Å². The summed E-state index contributed by atoms with van der Waals surface area (Å²) in [6.07, 6.45) is 2.34. The molecule has 6 nitrogen and oxygen atoms in total. The maximum Gasteiger partial charge on any atom is 0.339 e. The van der Waals surface area contributed by atoms with E-state index in [-0.39, 0.29) is 0 Å². The summed E-state index contributed by atoms with van der Waals surface area (Å²) in [6, 6.07) is 12.1. The van der Waals surface area contributed by atoms with Crippen LogP contribution in [0.1, 0.15) is 18.9 Å². The van der Waals surface area contributed by atoms with Gasteiger partial charge in [-0.25, -0.2) is 10.2 Å². The Bertz CT molecular complexity index is 736. The van der Waals surface area contributed by atoms with Gasteiger partial charge in [0, 0.05) is 5.69 Å². The Hall–Kier alpha value is -2.73. The van der Waals surface area contributed by atoms with E-state index in [1.807, 2.05) is 25.1 Å². The molecular formula is C18H20ClN3O3. The quantitative estimate of drug-likeness (QED) is 0.570. The number of ether oxygens (including phenoxy) is 2. The fourth-order valence-corrected chi connectivity index (χ4v) is 2.28. The van der Waals surface area contributed by atoms with Crippen molar-refractivity contribution in [3.63, 3.8) is 0 Å². The number of anilines is 1. The van der Waals surface area contributed by atoms with Crippen LogP contribution in [0.5, 0.6) is 11.5 Å². The molecule has 0 heterocycles. The number of rotatable bonds is 7. The minimum absolute atomic E-state index is 0.419. The lowest BCUT2D eigenvalue weighted by Gasteiger charge is -2.12. The van der Waals surface area contributed by atoms with Crippen molar-refractivity contribution in [2.75, 3.05) is 19.0 Å². The first kappa shape index (κ1) is 18.6. The topological polar surface area (TPSA) is 72.0 Å². The molecule has 0 aromatic heterocycles. The van der Waals surface area contributed by atoms with Crippen molar-refractivity contribution in [3.05, 3.63) is 53.1 Å². The first-order valence-electron chi connectivity index (χ1n) is 7.79. The molecule has 2 aromatic rings. The molecule has 0 aliphatic carbocycles. The van der Waals surface area contributed by atoms with Gasteiger partial charge in [-0.3, -0.25) is 0 Å². The number of nitrogens with zero attached hydrogens (tertiary/aromatic N) is 1. The van der Waals surface area contributed by atoms with Crippen LogP contribution in [0.4, 0.5) is 10.5 Å². The van der Waals surface area contributed by atoms with Crippen molar-refractivity contribution in [2.45, 2.75) is 13.3 Å². The van der Waals surface area contributed by atoms with Crippen LogP contribution in [-0.4, -0.2) is 26.0 Å². The third-order valence-electron chi connectivity index (χ3n) is 3.11. The second-order valence-electron chi connectivity index (χ2n) is 5.07. The molecule has 0 bridgehead atoms. The number of para-hydroxylation sites is 1. The van der Waals surface area contributed by atoms with Crippen LogP contribution in [0.2, 0.25) is 5.02 Å². The molecule has 0 atom stereocenters. The minimum Gasteiger partial charge on any atom is -0.493 e. The van der Waals surface area contributed by atoms with Gasteiger partial charge in [-0.1, -0.05) is 36.7 Å². The summed E-state index contributed by atoms with van der Waals surface area (Å²) in [4.78, 5) is 11.8. The van der Waals surface area contributed by atoms with Crippen molar-refractivity contribution in [2.24, 2.45) is 5.10 Å². The number of hydrogen-bond donors (Lipinski definition) is 2. The number of carbonyl (C=O) groups is 1. The zero-order valence-corrected chi connectivity index (χ0v) is 14.8. The second kappa shape index (κ2) is 9.54. The SMILES string of the molecule is CCCOc1c(Cl)cc(/C=N\NC(=O)Nc2ccccc2)cc1OC. The van der Waals surface area contributed by atoms with E-state index in [0.29, 0.717) is 34.4 Å². The average Bonchev–Trinajstić information content (AvgIpc) is 2.61. The Kier molecular flexibility index (Phi) is 7.10. The van der Waals surface area contributed by atoms with Gasteiger partial charge in [0.2, 0.25) is 0 Å². The van der Waals surface area contributed by atoms with Crippen molar-refractivity contribution in [1.29, 1.82) is 0 Å². The van der Waals surface area contributed by atoms with Gasteiger partial charge in [0.1, 0.15) is 0 Å². The fraction of sp³-hybridized carbons (Fsp3) is 0.222. The number of nitrogens with one attached hydrogen (secondary N) is 2. The van der Waals surface area contributed by atoms with Crippen LogP contribution in [0.3, 0.4) is 0 Å². The number of halogens is 1. The van der Waals surface area contributed by atoms with Crippen molar-refractivity contribution >= 4 is 29.5 Å². The lowest BCUT2D eigenvalue weighted by Crippen LogP contribution is -2.24. The molecule has 0 aliphatic rings. The molecule has 0 unspecified atom stereocenters. The summed E-state index contributed by atoms with van der Waals surface area (Å²) >= 11 is 6.23. The highest BCUT2D eigenvalue weighted by atomic mass is 35.5. The van der Waals surface area contributed by atoms with Crippen LogP contribution >= 0.6 is 11.6 Å². The van der Waals surface area contributed by atoms with Crippen LogP contribution in [-0.2, 0) is 0 Å². The predicted octanol–water partition coefficient (Wildman–Crippen LogP) is 4.29. The number of amides is 2. The average molecular weight is 362 g/mol. The molecule has 2 rings (SSSR count). The number of urea groups is 1. The van der Waals surface area contributed by atoms with Crippen LogP contribution < -0.4 is 20.2 Å². The number of hydrogen-bond acceptors (Lipinski definition) is 4. The monoisotopic (exact) mass is 361 g/mol. The molecule has 2 aromatic carbocycles. The molecule has 7 heteroatoms. The summed E-state index contributed by atoms with van der Waals surface area (Å²) in [5.41, 5.74) is 3.74. The summed E-state index contributed by atoms with van der Waals surface area (Å²) in [5, 5.41) is 6.98.